The fourth-order valence-electron chi connectivity index (χ4n) is 3.90. The molecule has 3 nitrogen and oxygen atoms in total. The van der Waals surface area contributed by atoms with Gasteiger partial charge in [-0.3, -0.25) is 4.79 Å². The summed E-state index contributed by atoms with van der Waals surface area (Å²) in [4.78, 5) is 12.9. The number of hydrogen-bond donors (Lipinski definition) is 2. The number of carbonyl (C=O) groups excluding carboxylic acids is 1. The van der Waals surface area contributed by atoms with Gasteiger partial charge in [0, 0.05) is 11.6 Å². The van der Waals surface area contributed by atoms with E-state index >= 15 is 0 Å². The van der Waals surface area contributed by atoms with Crippen molar-refractivity contribution < 1.29 is 4.79 Å². The number of nitrogens with one attached hydrogen (secondary N) is 2. The minimum Gasteiger partial charge on any atom is -0.355 e. The lowest BCUT2D eigenvalue weighted by Gasteiger charge is -2.30. The molecule has 2 N–H and O–H groups in total. The quantitative estimate of drug-likeness (QED) is 0.863. The van der Waals surface area contributed by atoms with E-state index in [1.54, 1.807) is 0 Å². The highest BCUT2D eigenvalue weighted by Crippen LogP contribution is 2.41. The summed E-state index contributed by atoms with van der Waals surface area (Å²) in [6.45, 7) is 2.93. The Morgan fingerprint density at radius 2 is 1.91 bits per heavy atom. The zero-order valence-corrected chi connectivity index (χ0v) is 15.0. The molecule has 1 amide bonds. The standard InChI is InChI=1S/C18H25ClN2O.ClH/c19-16-7-5-15(6-8-16)18(9-1-2-10-18)17(22)21-13-14-4-3-11-20-12-14;/h5-8,14,20H,1-4,9-13H2,(H,21,22);1H. The molecule has 23 heavy (non-hydrogen) atoms. The summed E-state index contributed by atoms with van der Waals surface area (Å²) >= 11 is 6.00. The van der Waals surface area contributed by atoms with Crippen LogP contribution in [0.5, 0.6) is 0 Å². The van der Waals surface area contributed by atoms with Crippen LogP contribution in [0.25, 0.3) is 0 Å². The molecule has 5 heteroatoms. The summed E-state index contributed by atoms with van der Waals surface area (Å²) in [6, 6.07) is 7.84. The van der Waals surface area contributed by atoms with Crippen LogP contribution >= 0.6 is 24.0 Å². The third kappa shape index (κ3) is 4.20. The van der Waals surface area contributed by atoms with Gasteiger partial charge in [0.1, 0.15) is 0 Å². The molecule has 2 fully saturated rings. The molecule has 1 heterocycles. The van der Waals surface area contributed by atoms with Gasteiger partial charge in [0.05, 0.1) is 5.41 Å². The van der Waals surface area contributed by atoms with Crippen LogP contribution in [0, 0.1) is 5.92 Å². The molecule has 1 saturated carbocycles. The van der Waals surface area contributed by atoms with Gasteiger partial charge in [-0.2, -0.15) is 0 Å². The van der Waals surface area contributed by atoms with Crippen molar-refractivity contribution in [2.24, 2.45) is 5.92 Å². The average Bonchev–Trinajstić information content (AvgIpc) is 3.05. The minimum atomic E-state index is -0.341. The zero-order valence-electron chi connectivity index (χ0n) is 13.4. The average molecular weight is 357 g/mol. The van der Waals surface area contributed by atoms with Crippen molar-refractivity contribution in [3.05, 3.63) is 34.9 Å². The highest BCUT2D eigenvalue weighted by Gasteiger charge is 2.42. The van der Waals surface area contributed by atoms with Gasteiger partial charge in [-0.15, -0.1) is 12.4 Å². The highest BCUT2D eigenvalue weighted by molar-refractivity contribution is 6.30. The van der Waals surface area contributed by atoms with Crippen molar-refractivity contribution in [2.75, 3.05) is 19.6 Å². The topological polar surface area (TPSA) is 41.1 Å². The van der Waals surface area contributed by atoms with Gasteiger partial charge in [0.2, 0.25) is 5.91 Å². The molecule has 1 saturated heterocycles. The third-order valence-electron chi connectivity index (χ3n) is 5.24. The Morgan fingerprint density at radius 3 is 2.52 bits per heavy atom. The van der Waals surface area contributed by atoms with Gasteiger partial charge in [0.15, 0.2) is 0 Å². The number of halogens is 2. The Hall–Kier alpha value is -0.770. The van der Waals surface area contributed by atoms with E-state index in [0.29, 0.717) is 5.92 Å². The van der Waals surface area contributed by atoms with Crippen LogP contribution in [0.2, 0.25) is 5.02 Å². The van der Waals surface area contributed by atoms with E-state index in [1.807, 2.05) is 24.3 Å². The van der Waals surface area contributed by atoms with Gasteiger partial charge < -0.3 is 10.6 Å². The lowest BCUT2D eigenvalue weighted by Crippen LogP contribution is -2.46. The molecule has 0 bridgehead atoms. The number of carbonyl (C=O) groups is 1. The van der Waals surface area contributed by atoms with E-state index in [1.165, 1.54) is 12.8 Å². The lowest BCUT2D eigenvalue weighted by atomic mass is 9.78. The number of amides is 1. The molecule has 0 spiro atoms. The molecule has 1 aromatic carbocycles. The van der Waals surface area contributed by atoms with Gasteiger partial charge in [-0.1, -0.05) is 36.6 Å². The summed E-state index contributed by atoms with van der Waals surface area (Å²) in [5.74, 6) is 0.777. The molecule has 1 aromatic rings. The molecular weight excluding hydrogens is 331 g/mol. The predicted octanol–water partition coefficient (Wildman–Crippen LogP) is 3.69. The maximum absolute atomic E-state index is 12.9. The molecule has 1 unspecified atom stereocenters. The Bertz CT molecular complexity index is 506. The number of benzene rings is 1. The molecule has 1 aliphatic heterocycles. The maximum atomic E-state index is 12.9. The number of rotatable bonds is 4. The van der Waals surface area contributed by atoms with E-state index in [0.717, 1.165) is 55.9 Å². The molecule has 1 aliphatic carbocycles. The molecule has 1 atom stereocenters. The predicted molar refractivity (Wildman–Crippen MR) is 97.4 cm³/mol. The van der Waals surface area contributed by atoms with Gasteiger partial charge in [-0.25, -0.2) is 0 Å². The Morgan fingerprint density at radius 1 is 1.22 bits per heavy atom. The van der Waals surface area contributed by atoms with Crippen LogP contribution < -0.4 is 10.6 Å². The molecule has 2 aliphatic rings. The Kier molecular flexibility index (Phi) is 6.75. The van der Waals surface area contributed by atoms with Crippen LogP contribution in [0.15, 0.2) is 24.3 Å². The first-order valence-corrected chi connectivity index (χ1v) is 8.83. The second kappa shape index (κ2) is 8.36. The van der Waals surface area contributed by atoms with Gasteiger partial charge >= 0.3 is 0 Å². The molecule has 0 radical (unpaired) electrons. The van der Waals surface area contributed by atoms with E-state index in [2.05, 4.69) is 10.6 Å². The van der Waals surface area contributed by atoms with E-state index in [4.69, 9.17) is 11.6 Å². The first-order chi connectivity index (χ1) is 10.7. The minimum absolute atomic E-state index is 0. The summed E-state index contributed by atoms with van der Waals surface area (Å²) in [6.07, 6.45) is 6.57. The zero-order chi connectivity index (χ0) is 15.4. The molecule has 3 rings (SSSR count). The summed E-state index contributed by atoms with van der Waals surface area (Å²) in [5.41, 5.74) is 0.779. The second-order valence-corrected chi connectivity index (χ2v) is 7.15. The summed E-state index contributed by atoms with van der Waals surface area (Å²) in [7, 11) is 0. The van der Waals surface area contributed by atoms with Crippen LogP contribution in [0.3, 0.4) is 0 Å². The number of piperidine rings is 1. The van der Waals surface area contributed by atoms with Gasteiger partial charge in [-0.05, 0) is 62.4 Å². The van der Waals surface area contributed by atoms with Crippen LogP contribution in [-0.2, 0) is 10.2 Å². The van der Waals surface area contributed by atoms with Crippen LogP contribution in [-0.4, -0.2) is 25.5 Å². The van der Waals surface area contributed by atoms with Crippen molar-refractivity contribution in [1.29, 1.82) is 0 Å². The molecular formula is C18H26Cl2N2O. The SMILES string of the molecule is Cl.O=C(NCC1CCCNC1)C1(c2ccc(Cl)cc2)CCCC1. The first kappa shape index (κ1) is 18.6. The summed E-state index contributed by atoms with van der Waals surface area (Å²) < 4.78 is 0. The van der Waals surface area contributed by atoms with Crippen molar-refractivity contribution in [3.63, 3.8) is 0 Å². The monoisotopic (exact) mass is 356 g/mol. The van der Waals surface area contributed by atoms with Crippen LogP contribution in [0.4, 0.5) is 0 Å². The highest BCUT2D eigenvalue weighted by atomic mass is 35.5. The third-order valence-corrected chi connectivity index (χ3v) is 5.49. The van der Waals surface area contributed by atoms with Crippen molar-refractivity contribution in [3.8, 4) is 0 Å². The fraction of sp³-hybridized carbons (Fsp3) is 0.611. The molecule has 128 valence electrons. The fourth-order valence-corrected chi connectivity index (χ4v) is 4.02. The number of hydrogen-bond acceptors (Lipinski definition) is 2. The van der Waals surface area contributed by atoms with E-state index in [9.17, 15) is 4.79 Å². The second-order valence-electron chi connectivity index (χ2n) is 6.72. The smallest absolute Gasteiger partial charge is 0.230 e. The normalized spacial score (nSPS) is 23.1. The largest absolute Gasteiger partial charge is 0.355 e. The first-order valence-electron chi connectivity index (χ1n) is 8.46. The summed E-state index contributed by atoms with van der Waals surface area (Å²) in [5, 5.41) is 7.37. The van der Waals surface area contributed by atoms with Crippen molar-refractivity contribution in [2.45, 2.75) is 43.9 Å². The van der Waals surface area contributed by atoms with Crippen molar-refractivity contribution in [1.82, 2.24) is 10.6 Å². The van der Waals surface area contributed by atoms with Gasteiger partial charge in [0.25, 0.3) is 0 Å². The van der Waals surface area contributed by atoms with E-state index in [-0.39, 0.29) is 23.7 Å². The Balaban J connectivity index is 0.00000192. The lowest BCUT2D eigenvalue weighted by molar-refractivity contribution is -0.126. The maximum Gasteiger partial charge on any atom is 0.230 e. The van der Waals surface area contributed by atoms with Crippen LogP contribution in [0.1, 0.15) is 44.1 Å². The molecule has 0 aromatic heterocycles. The Labute approximate surface area is 150 Å². The van der Waals surface area contributed by atoms with E-state index < -0.39 is 0 Å². The van der Waals surface area contributed by atoms with Crippen molar-refractivity contribution >= 4 is 29.9 Å².